The summed E-state index contributed by atoms with van der Waals surface area (Å²) in [6, 6.07) is 22.7. The molecule has 3 rings (SSSR count). The van der Waals surface area contributed by atoms with Crippen LogP contribution in [0.15, 0.2) is 72.8 Å². The summed E-state index contributed by atoms with van der Waals surface area (Å²) in [5.41, 5.74) is 3.58. The van der Waals surface area contributed by atoms with Crippen molar-refractivity contribution in [3.63, 3.8) is 0 Å². The third-order valence-corrected chi connectivity index (χ3v) is 4.39. The maximum atomic E-state index is 12.1. The summed E-state index contributed by atoms with van der Waals surface area (Å²) >= 11 is 11.1. The van der Waals surface area contributed by atoms with E-state index in [4.69, 9.17) is 28.6 Å². The van der Waals surface area contributed by atoms with Crippen molar-refractivity contribution in [2.24, 2.45) is 0 Å². The molecule has 148 valence electrons. The Balaban J connectivity index is 1.46. The molecule has 3 aromatic carbocycles. The van der Waals surface area contributed by atoms with E-state index in [0.717, 1.165) is 22.6 Å². The minimum absolute atomic E-state index is 0.149. The van der Waals surface area contributed by atoms with Gasteiger partial charge in [-0.1, -0.05) is 29.8 Å². The van der Waals surface area contributed by atoms with Crippen molar-refractivity contribution in [1.29, 1.82) is 0 Å². The van der Waals surface area contributed by atoms with Crippen molar-refractivity contribution < 1.29 is 9.53 Å². The van der Waals surface area contributed by atoms with Crippen LogP contribution in [-0.2, 0) is 4.79 Å². The number of amides is 1. The van der Waals surface area contributed by atoms with Gasteiger partial charge in [-0.2, -0.15) is 0 Å². The number of aryl methyl sites for hydroxylation is 1. The van der Waals surface area contributed by atoms with Gasteiger partial charge in [-0.25, -0.2) is 0 Å². The van der Waals surface area contributed by atoms with Crippen molar-refractivity contribution in [3.05, 3.63) is 83.4 Å². The molecule has 3 N–H and O–H groups in total. The fraction of sp³-hybridized carbons (Fsp3) is 0.0909. The van der Waals surface area contributed by atoms with Crippen molar-refractivity contribution in [3.8, 4) is 5.75 Å². The highest BCUT2D eigenvalue weighted by atomic mass is 35.5. The van der Waals surface area contributed by atoms with E-state index in [2.05, 4.69) is 16.0 Å². The number of hydrogen-bond acceptors (Lipinski definition) is 4. The van der Waals surface area contributed by atoms with Crippen LogP contribution in [0.2, 0.25) is 5.02 Å². The van der Waals surface area contributed by atoms with E-state index in [0.29, 0.717) is 10.8 Å². The number of nitrogens with one attached hydrogen (secondary N) is 3. The van der Waals surface area contributed by atoms with E-state index in [1.54, 1.807) is 18.2 Å². The van der Waals surface area contributed by atoms with Gasteiger partial charge in [0.15, 0.2) is 11.7 Å². The molecule has 29 heavy (non-hydrogen) atoms. The van der Waals surface area contributed by atoms with Crippen LogP contribution >= 0.6 is 23.8 Å². The van der Waals surface area contributed by atoms with E-state index in [-0.39, 0.29) is 17.6 Å². The maximum Gasteiger partial charge on any atom is 0.264 e. The van der Waals surface area contributed by atoms with E-state index >= 15 is 0 Å². The van der Waals surface area contributed by atoms with Gasteiger partial charge in [-0.05, 0) is 79.3 Å². The summed E-state index contributed by atoms with van der Waals surface area (Å²) in [7, 11) is 0. The first-order valence-electron chi connectivity index (χ1n) is 8.91. The highest BCUT2D eigenvalue weighted by Gasteiger charge is 2.08. The lowest BCUT2D eigenvalue weighted by atomic mass is 10.2. The third-order valence-electron chi connectivity index (χ3n) is 3.95. The number of carbonyl (C=O) groups excluding carboxylic acids is 1. The molecular formula is C22H20ClN3O2S. The Labute approximate surface area is 180 Å². The molecule has 1 amide bonds. The normalized spacial score (nSPS) is 10.1. The highest BCUT2D eigenvalue weighted by Crippen LogP contribution is 2.21. The van der Waals surface area contributed by atoms with Crippen LogP contribution < -0.4 is 20.7 Å². The van der Waals surface area contributed by atoms with Gasteiger partial charge >= 0.3 is 0 Å². The second kappa shape index (κ2) is 9.91. The number of ether oxygens (including phenoxy) is 1. The standard InChI is InChI=1S/C22H20ClN3O2S/c1-15-13-16(23)7-12-20(15)28-14-21(27)26-22(29)25-19-10-8-18(9-11-19)24-17-5-3-2-4-6-17/h2-13,24H,14H2,1H3,(H2,25,26,27,29). The van der Waals surface area contributed by atoms with Crippen LogP contribution in [0.4, 0.5) is 17.1 Å². The van der Waals surface area contributed by atoms with Gasteiger partial charge in [0.05, 0.1) is 0 Å². The van der Waals surface area contributed by atoms with Crippen molar-refractivity contribution in [2.75, 3.05) is 17.2 Å². The Morgan fingerprint density at radius 1 is 0.966 bits per heavy atom. The quantitative estimate of drug-likeness (QED) is 0.469. The van der Waals surface area contributed by atoms with E-state index in [1.165, 1.54) is 0 Å². The number of para-hydroxylation sites is 1. The van der Waals surface area contributed by atoms with Gasteiger partial charge in [-0.3, -0.25) is 10.1 Å². The highest BCUT2D eigenvalue weighted by molar-refractivity contribution is 7.80. The fourth-order valence-electron chi connectivity index (χ4n) is 2.57. The van der Waals surface area contributed by atoms with Gasteiger partial charge in [-0.15, -0.1) is 0 Å². The number of anilines is 3. The first kappa shape index (κ1) is 20.6. The Morgan fingerprint density at radius 2 is 1.62 bits per heavy atom. The molecule has 0 fully saturated rings. The zero-order chi connectivity index (χ0) is 20.6. The molecule has 0 heterocycles. The molecule has 0 aliphatic heterocycles. The van der Waals surface area contributed by atoms with Crippen molar-refractivity contribution in [1.82, 2.24) is 5.32 Å². The van der Waals surface area contributed by atoms with Gasteiger partial charge in [0.1, 0.15) is 5.75 Å². The molecule has 0 aromatic heterocycles. The SMILES string of the molecule is Cc1cc(Cl)ccc1OCC(=O)NC(=S)Nc1ccc(Nc2ccccc2)cc1. The van der Waals surface area contributed by atoms with Gasteiger partial charge < -0.3 is 15.4 Å². The van der Waals surface area contributed by atoms with E-state index in [1.807, 2.05) is 61.5 Å². The minimum Gasteiger partial charge on any atom is -0.483 e. The van der Waals surface area contributed by atoms with E-state index < -0.39 is 0 Å². The smallest absolute Gasteiger partial charge is 0.264 e. The minimum atomic E-state index is -0.348. The largest absolute Gasteiger partial charge is 0.483 e. The lowest BCUT2D eigenvalue weighted by Gasteiger charge is -2.12. The average molecular weight is 426 g/mol. The summed E-state index contributed by atoms with van der Waals surface area (Å²) < 4.78 is 5.51. The van der Waals surface area contributed by atoms with Gasteiger partial charge in [0.2, 0.25) is 0 Å². The first-order valence-corrected chi connectivity index (χ1v) is 9.70. The second-order valence-corrected chi connectivity index (χ2v) is 7.11. The number of benzene rings is 3. The van der Waals surface area contributed by atoms with E-state index in [9.17, 15) is 4.79 Å². The Bertz CT molecular complexity index is 995. The summed E-state index contributed by atoms with van der Waals surface area (Å²) in [6.07, 6.45) is 0. The number of hydrogen-bond donors (Lipinski definition) is 3. The number of rotatable bonds is 6. The molecule has 7 heteroatoms. The summed E-state index contributed by atoms with van der Waals surface area (Å²) in [5.74, 6) is 0.254. The molecule has 0 aliphatic carbocycles. The molecule has 0 saturated heterocycles. The topological polar surface area (TPSA) is 62.4 Å². The number of carbonyl (C=O) groups is 1. The molecule has 0 aliphatic rings. The Kier molecular flexibility index (Phi) is 7.05. The molecular weight excluding hydrogens is 406 g/mol. The Hall–Kier alpha value is -3.09. The zero-order valence-electron chi connectivity index (χ0n) is 15.7. The lowest BCUT2D eigenvalue weighted by Crippen LogP contribution is -2.37. The molecule has 0 radical (unpaired) electrons. The van der Waals surface area contributed by atoms with Crippen molar-refractivity contribution in [2.45, 2.75) is 6.92 Å². The second-order valence-electron chi connectivity index (χ2n) is 6.27. The maximum absolute atomic E-state index is 12.1. The van der Waals surface area contributed by atoms with Crippen LogP contribution in [0.1, 0.15) is 5.56 Å². The molecule has 5 nitrogen and oxygen atoms in total. The van der Waals surface area contributed by atoms with Crippen LogP contribution in [-0.4, -0.2) is 17.6 Å². The number of halogens is 1. The fourth-order valence-corrected chi connectivity index (χ4v) is 3.03. The molecule has 0 saturated carbocycles. The number of thiocarbonyl (C=S) groups is 1. The molecule has 0 atom stereocenters. The molecule has 0 unspecified atom stereocenters. The monoisotopic (exact) mass is 425 g/mol. The summed E-state index contributed by atoms with van der Waals surface area (Å²) in [6.45, 7) is 1.71. The Morgan fingerprint density at radius 3 is 2.31 bits per heavy atom. The first-order chi connectivity index (χ1) is 14.0. The lowest BCUT2D eigenvalue weighted by molar-refractivity contribution is -0.121. The average Bonchev–Trinajstić information content (AvgIpc) is 2.69. The molecule has 3 aromatic rings. The summed E-state index contributed by atoms with van der Waals surface area (Å²) in [5, 5.41) is 9.70. The molecule has 0 bridgehead atoms. The molecule has 0 spiro atoms. The van der Waals surface area contributed by atoms with Crippen LogP contribution in [0.25, 0.3) is 0 Å². The van der Waals surface area contributed by atoms with Crippen LogP contribution in [0.5, 0.6) is 5.75 Å². The zero-order valence-corrected chi connectivity index (χ0v) is 17.3. The van der Waals surface area contributed by atoms with Crippen LogP contribution in [0.3, 0.4) is 0 Å². The van der Waals surface area contributed by atoms with Crippen molar-refractivity contribution >= 4 is 51.9 Å². The predicted octanol–water partition coefficient (Wildman–Crippen LogP) is 5.28. The van der Waals surface area contributed by atoms with Gasteiger partial charge in [0, 0.05) is 22.1 Å². The third kappa shape index (κ3) is 6.48. The predicted molar refractivity (Wildman–Crippen MR) is 122 cm³/mol. The van der Waals surface area contributed by atoms with Gasteiger partial charge in [0.25, 0.3) is 5.91 Å². The summed E-state index contributed by atoms with van der Waals surface area (Å²) in [4.78, 5) is 12.1. The van der Waals surface area contributed by atoms with Crippen LogP contribution in [0, 0.1) is 6.92 Å².